The van der Waals surface area contributed by atoms with Gasteiger partial charge in [-0.05, 0) is 60.4 Å². The van der Waals surface area contributed by atoms with Crippen molar-refractivity contribution in [2.75, 3.05) is 33.0 Å². The zero-order chi connectivity index (χ0) is 34.8. The summed E-state index contributed by atoms with van der Waals surface area (Å²) >= 11 is 0. The Morgan fingerprint density at radius 1 is 0.367 bits per heavy atom. The van der Waals surface area contributed by atoms with Gasteiger partial charge in [0.2, 0.25) is 11.5 Å². The normalized spacial score (nSPS) is 11.4. The quantitative estimate of drug-likeness (QED) is 0.0557. The largest absolute Gasteiger partial charge is 0.504 e. The Kier molecular flexibility index (Phi) is 16.3. The standard InChI is InChI=1S/C43H62O6/c1-6-11-18-27-45-39-35(44)26-25-34-32-23-16-17-24-33(32)37-38(36(34)39)41(47-29-20-13-8-3)43(49-31-22-15-10-5)42(48-30-21-14-9-4)40(37)46-28-19-12-7-2/h16-17,23-26,44H,6-15,18-22,27-31H2,1-5H3. The van der Waals surface area contributed by atoms with E-state index in [1.54, 1.807) is 6.07 Å². The van der Waals surface area contributed by atoms with Crippen LogP contribution in [-0.4, -0.2) is 38.1 Å². The lowest BCUT2D eigenvalue weighted by Gasteiger charge is -2.25. The van der Waals surface area contributed by atoms with Crippen LogP contribution in [-0.2, 0) is 0 Å². The maximum Gasteiger partial charge on any atom is 0.208 e. The first-order chi connectivity index (χ1) is 24.1. The van der Waals surface area contributed by atoms with Crippen LogP contribution in [0.25, 0.3) is 32.3 Å². The summed E-state index contributed by atoms with van der Waals surface area (Å²) in [5.74, 6) is 3.15. The highest BCUT2D eigenvalue weighted by molar-refractivity contribution is 6.31. The molecule has 4 aromatic rings. The average molecular weight is 675 g/mol. The Morgan fingerprint density at radius 2 is 0.714 bits per heavy atom. The fourth-order valence-electron chi connectivity index (χ4n) is 6.45. The van der Waals surface area contributed by atoms with Gasteiger partial charge in [-0.25, -0.2) is 0 Å². The predicted octanol–water partition coefficient (Wildman–Crippen LogP) is 12.7. The Balaban J connectivity index is 2.15. The number of aromatic hydroxyl groups is 1. The second-order valence-corrected chi connectivity index (χ2v) is 13.2. The number of ether oxygens (including phenoxy) is 5. The van der Waals surface area contributed by atoms with E-state index in [9.17, 15) is 5.11 Å². The third kappa shape index (κ3) is 9.80. The molecule has 49 heavy (non-hydrogen) atoms. The minimum Gasteiger partial charge on any atom is -0.504 e. The number of hydrogen-bond acceptors (Lipinski definition) is 6. The number of phenols is 1. The number of fused-ring (bicyclic) bond motifs is 6. The van der Waals surface area contributed by atoms with Crippen molar-refractivity contribution in [3.8, 4) is 34.5 Å². The van der Waals surface area contributed by atoms with Gasteiger partial charge in [0.15, 0.2) is 23.0 Å². The summed E-state index contributed by atoms with van der Waals surface area (Å²) in [6, 6.07) is 12.2. The van der Waals surface area contributed by atoms with Crippen molar-refractivity contribution in [1.29, 1.82) is 0 Å². The SMILES string of the molecule is CCCCCOc1c(OCCCCC)c(OCCCCC)c2c3c(OCCCCC)c(O)ccc3c3ccccc3c2c1OCCCCC. The van der Waals surface area contributed by atoms with Crippen LogP contribution in [0.2, 0.25) is 0 Å². The molecule has 4 rings (SSSR count). The van der Waals surface area contributed by atoms with Gasteiger partial charge in [0.25, 0.3) is 0 Å². The summed E-state index contributed by atoms with van der Waals surface area (Å²) in [4.78, 5) is 0. The molecule has 270 valence electrons. The smallest absolute Gasteiger partial charge is 0.208 e. The lowest BCUT2D eigenvalue weighted by Crippen LogP contribution is -2.10. The molecule has 0 fully saturated rings. The Hall–Kier alpha value is -3.54. The molecule has 0 unspecified atom stereocenters. The number of phenolic OH excluding ortho intramolecular Hbond substituents is 1. The summed E-state index contributed by atoms with van der Waals surface area (Å²) in [7, 11) is 0. The van der Waals surface area contributed by atoms with Crippen LogP contribution in [0, 0.1) is 0 Å². The zero-order valence-electron chi connectivity index (χ0n) is 31.1. The van der Waals surface area contributed by atoms with Gasteiger partial charge in [-0.2, -0.15) is 0 Å². The van der Waals surface area contributed by atoms with Crippen molar-refractivity contribution in [3.05, 3.63) is 36.4 Å². The Labute approximate surface area is 295 Å². The van der Waals surface area contributed by atoms with Crippen molar-refractivity contribution in [3.63, 3.8) is 0 Å². The van der Waals surface area contributed by atoms with Gasteiger partial charge in [-0.15, -0.1) is 0 Å². The second kappa shape index (κ2) is 20.9. The van der Waals surface area contributed by atoms with Crippen LogP contribution in [0.15, 0.2) is 36.4 Å². The van der Waals surface area contributed by atoms with Gasteiger partial charge < -0.3 is 28.8 Å². The fraction of sp³-hybridized carbons (Fsp3) is 0.581. The van der Waals surface area contributed by atoms with Crippen LogP contribution in [0.3, 0.4) is 0 Å². The predicted molar refractivity (Wildman–Crippen MR) is 206 cm³/mol. The molecule has 0 aliphatic carbocycles. The fourth-order valence-corrected chi connectivity index (χ4v) is 6.45. The maximum absolute atomic E-state index is 11.4. The van der Waals surface area contributed by atoms with Gasteiger partial charge in [0, 0.05) is 16.2 Å². The molecule has 0 saturated heterocycles. The van der Waals surface area contributed by atoms with Crippen molar-refractivity contribution < 1.29 is 28.8 Å². The molecule has 0 aliphatic rings. The molecule has 0 spiro atoms. The molecule has 0 aliphatic heterocycles. The first-order valence-corrected chi connectivity index (χ1v) is 19.5. The molecular weight excluding hydrogens is 612 g/mol. The zero-order valence-corrected chi connectivity index (χ0v) is 31.1. The van der Waals surface area contributed by atoms with E-state index in [-0.39, 0.29) is 5.75 Å². The Bertz CT molecular complexity index is 1580. The molecule has 0 heterocycles. The van der Waals surface area contributed by atoms with E-state index in [2.05, 4.69) is 58.9 Å². The monoisotopic (exact) mass is 674 g/mol. The molecule has 0 saturated carbocycles. The minimum absolute atomic E-state index is 0.119. The van der Waals surface area contributed by atoms with Crippen LogP contribution >= 0.6 is 0 Å². The number of rotatable bonds is 25. The third-order valence-corrected chi connectivity index (χ3v) is 9.17. The molecule has 6 heteroatoms. The highest BCUT2D eigenvalue weighted by Gasteiger charge is 2.30. The number of unbranched alkanes of at least 4 members (excludes halogenated alkanes) is 10. The molecule has 1 N–H and O–H groups in total. The van der Waals surface area contributed by atoms with E-state index in [1.165, 1.54) is 0 Å². The Morgan fingerprint density at radius 3 is 1.16 bits per heavy atom. The third-order valence-electron chi connectivity index (χ3n) is 9.17. The molecule has 0 amide bonds. The molecular formula is C43H62O6. The van der Waals surface area contributed by atoms with Crippen molar-refractivity contribution >= 4 is 32.3 Å². The van der Waals surface area contributed by atoms with E-state index in [4.69, 9.17) is 23.7 Å². The van der Waals surface area contributed by atoms with Crippen LogP contribution in [0.1, 0.15) is 131 Å². The van der Waals surface area contributed by atoms with Crippen LogP contribution < -0.4 is 23.7 Å². The van der Waals surface area contributed by atoms with Crippen LogP contribution in [0.5, 0.6) is 34.5 Å². The first-order valence-electron chi connectivity index (χ1n) is 19.5. The number of hydrogen-bond donors (Lipinski definition) is 1. The topological polar surface area (TPSA) is 66.4 Å². The molecule has 0 atom stereocenters. The second-order valence-electron chi connectivity index (χ2n) is 13.2. The molecule has 6 nitrogen and oxygen atoms in total. The van der Waals surface area contributed by atoms with E-state index >= 15 is 0 Å². The van der Waals surface area contributed by atoms with Gasteiger partial charge >= 0.3 is 0 Å². The maximum atomic E-state index is 11.4. The van der Waals surface area contributed by atoms with Crippen LogP contribution in [0.4, 0.5) is 0 Å². The van der Waals surface area contributed by atoms with E-state index in [1.807, 2.05) is 6.07 Å². The van der Waals surface area contributed by atoms with E-state index in [0.717, 1.165) is 129 Å². The van der Waals surface area contributed by atoms with Gasteiger partial charge in [0.1, 0.15) is 0 Å². The lowest BCUT2D eigenvalue weighted by atomic mass is 9.91. The summed E-state index contributed by atoms with van der Waals surface area (Å²) in [6.45, 7) is 13.7. The van der Waals surface area contributed by atoms with Gasteiger partial charge in [0.05, 0.1) is 33.0 Å². The molecule has 0 aromatic heterocycles. The van der Waals surface area contributed by atoms with Gasteiger partial charge in [-0.3, -0.25) is 0 Å². The number of benzene rings is 4. The summed E-state index contributed by atoms with van der Waals surface area (Å²) < 4.78 is 33.8. The molecule has 0 bridgehead atoms. The van der Waals surface area contributed by atoms with E-state index < -0.39 is 0 Å². The van der Waals surface area contributed by atoms with Crippen molar-refractivity contribution in [2.24, 2.45) is 0 Å². The van der Waals surface area contributed by atoms with Crippen molar-refractivity contribution in [2.45, 2.75) is 131 Å². The molecule has 4 aromatic carbocycles. The highest BCUT2D eigenvalue weighted by atomic mass is 16.6. The highest BCUT2D eigenvalue weighted by Crippen LogP contribution is 2.57. The average Bonchev–Trinajstić information content (AvgIpc) is 3.12. The van der Waals surface area contributed by atoms with Crippen molar-refractivity contribution in [1.82, 2.24) is 0 Å². The van der Waals surface area contributed by atoms with Gasteiger partial charge in [-0.1, -0.05) is 123 Å². The summed E-state index contributed by atoms with van der Waals surface area (Å²) in [5, 5.41) is 17.1. The minimum atomic E-state index is 0.119. The summed E-state index contributed by atoms with van der Waals surface area (Å²) in [5.41, 5.74) is 0. The van der Waals surface area contributed by atoms with E-state index in [0.29, 0.717) is 61.8 Å². The summed E-state index contributed by atoms with van der Waals surface area (Å²) in [6.07, 6.45) is 15.5. The lowest BCUT2D eigenvalue weighted by molar-refractivity contribution is 0.223. The first kappa shape index (κ1) is 38.3. The molecule has 0 radical (unpaired) electrons.